The van der Waals surface area contributed by atoms with Crippen molar-refractivity contribution in [2.45, 2.75) is 13.0 Å². The van der Waals surface area contributed by atoms with Gasteiger partial charge in [0.25, 0.3) is 0 Å². The maximum Gasteiger partial charge on any atom is 0.414 e. The zero-order valence-electron chi connectivity index (χ0n) is 16.1. The number of tetrazole rings is 1. The number of esters is 1. The number of pyridine rings is 1. The second-order valence-electron chi connectivity index (χ2n) is 6.62. The fourth-order valence-corrected chi connectivity index (χ4v) is 3.01. The van der Waals surface area contributed by atoms with E-state index in [1.807, 2.05) is 0 Å². The van der Waals surface area contributed by atoms with Gasteiger partial charge in [-0.2, -0.15) is 4.80 Å². The molecule has 1 aliphatic rings. The Morgan fingerprint density at radius 1 is 1.33 bits per heavy atom. The minimum atomic E-state index is -0.623. The van der Waals surface area contributed by atoms with Crippen molar-refractivity contribution in [3.63, 3.8) is 0 Å². The molecule has 30 heavy (non-hydrogen) atoms. The van der Waals surface area contributed by atoms with Gasteiger partial charge in [0.2, 0.25) is 5.82 Å². The van der Waals surface area contributed by atoms with E-state index in [4.69, 9.17) is 9.47 Å². The highest BCUT2D eigenvalue weighted by Gasteiger charge is 2.33. The number of aryl methyl sites for hydroxylation is 1. The number of carbonyl (C=O) groups is 2. The number of rotatable bonds is 5. The van der Waals surface area contributed by atoms with Gasteiger partial charge in [0.05, 0.1) is 19.3 Å². The third-order valence-corrected chi connectivity index (χ3v) is 4.42. The molecule has 1 aliphatic heterocycles. The Bertz CT molecular complexity index is 1100. The van der Waals surface area contributed by atoms with Crippen molar-refractivity contribution in [1.29, 1.82) is 0 Å². The van der Waals surface area contributed by atoms with Crippen LogP contribution in [0.15, 0.2) is 36.5 Å². The summed E-state index contributed by atoms with van der Waals surface area (Å²) >= 11 is 0. The van der Waals surface area contributed by atoms with Gasteiger partial charge in [-0.25, -0.2) is 9.18 Å². The van der Waals surface area contributed by atoms with Gasteiger partial charge in [0.15, 0.2) is 6.10 Å². The first-order valence-corrected chi connectivity index (χ1v) is 9.02. The van der Waals surface area contributed by atoms with Crippen molar-refractivity contribution in [3.8, 4) is 22.6 Å². The van der Waals surface area contributed by atoms with Crippen LogP contribution >= 0.6 is 0 Å². The summed E-state index contributed by atoms with van der Waals surface area (Å²) in [6.45, 7) is 1.39. The summed E-state index contributed by atoms with van der Waals surface area (Å²) in [5.41, 5.74) is 1.75. The first-order chi connectivity index (χ1) is 14.4. The normalized spacial score (nSPS) is 15.9. The summed E-state index contributed by atoms with van der Waals surface area (Å²) in [6, 6.07) is 7.82. The number of anilines is 1. The highest BCUT2D eigenvalue weighted by atomic mass is 19.1. The quantitative estimate of drug-likeness (QED) is 0.585. The van der Waals surface area contributed by atoms with Crippen LogP contribution in [0.5, 0.6) is 0 Å². The number of aromatic nitrogens is 5. The van der Waals surface area contributed by atoms with E-state index in [2.05, 4.69) is 20.4 Å². The summed E-state index contributed by atoms with van der Waals surface area (Å²) in [7, 11) is 1.65. The highest BCUT2D eigenvalue weighted by molar-refractivity contribution is 5.90. The van der Waals surface area contributed by atoms with Crippen LogP contribution in [0.25, 0.3) is 22.6 Å². The van der Waals surface area contributed by atoms with E-state index in [0.29, 0.717) is 28.3 Å². The minimum absolute atomic E-state index is 0.0448. The lowest BCUT2D eigenvalue weighted by atomic mass is 10.1. The number of halogens is 1. The maximum atomic E-state index is 14.8. The lowest BCUT2D eigenvalue weighted by Crippen LogP contribution is -2.26. The summed E-state index contributed by atoms with van der Waals surface area (Å²) in [6.07, 6.45) is 0.292. The molecule has 1 saturated heterocycles. The van der Waals surface area contributed by atoms with Crippen LogP contribution in [0.2, 0.25) is 0 Å². The number of carbonyl (C=O) groups excluding carboxylic acids is 2. The average molecular weight is 412 g/mol. The molecule has 0 spiro atoms. The van der Waals surface area contributed by atoms with Crippen LogP contribution in [0.1, 0.15) is 6.92 Å². The third kappa shape index (κ3) is 3.95. The molecule has 1 amide bonds. The molecule has 154 valence electrons. The Hall–Kier alpha value is -3.89. The largest absolute Gasteiger partial charge is 0.462 e. The molecule has 2 aromatic heterocycles. The first-order valence-electron chi connectivity index (χ1n) is 9.02. The topological polar surface area (TPSA) is 112 Å². The number of amides is 1. The zero-order chi connectivity index (χ0) is 21.3. The standard InChI is InChI=1S/C19H17FN6O4/c1-11(27)29-10-14-9-26(19(28)30-14)13-4-5-15(16(20)7-13)12-3-6-17(21-8-12)18-22-24-25(2)23-18/h3-8,14H,9-10H2,1-2H3. The van der Waals surface area contributed by atoms with Crippen LogP contribution in [0.3, 0.4) is 0 Å². The highest BCUT2D eigenvalue weighted by Crippen LogP contribution is 2.29. The van der Waals surface area contributed by atoms with Crippen molar-refractivity contribution in [1.82, 2.24) is 25.2 Å². The lowest BCUT2D eigenvalue weighted by molar-refractivity contribution is -0.143. The van der Waals surface area contributed by atoms with Crippen molar-refractivity contribution in [2.75, 3.05) is 18.1 Å². The zero-order valence-corrected chi connectivity index (χ0v) is 16.1. The van der Waals surface area contributed by atoms with Crippen molar-refractivity contribution in [3.05, 3.63) is 42.3 Å². The van der Waals surface area contributed by atoms with Crippen LogP contribution in [-0.2, 0) is 21.3 Å². The molecular weight excluding hydrogens is 395 g/mol. The summed E-state index contributed by atoms with van der Waals surface area (Å²) in [4.78, 5) is 29.9. The number of nitrogens with zero attached hydrogens (tertiary/aromatic N) is 6. The molecule has 0 radical (unpaired) electrons. The van der Waals surface area contributed by atoms with Crippen LogP contribution in [-0.4, -0.2) is 56.5 Å². The second-order valence-corrected chi connectivity index (χ2v) is 6.62. The third-order valence-electron chi connectivity index (χ3n) is 4.42. The first kappa shape index (κ1) is 19.4. The summed E-state index contributed by atoms with van der Waals surface area (Å²) < 4.78 is 24.8. The van der Waals surface area contributed by atoms with E-state index in [9.17, 15) is 14.0 Å². The Labute approximate surface area is 170 Å². The smallest absolute Gasteiger partial charge is 0.414 e. The number of hydrogen-bond donors (Lipinski definition) is 0. The molecular formula is C19H17FN6O4. The SMILES string of the molecule is CC(=O)OCC1CN(c2ccc(-c3ccc(-c4nnn(C)n4)nc3)c(F)c2)C(=O)O1. The number of hydrogen-bond acceptors (Lipinski definition) is 8. The van der Waals surface area contributed by atoms with Gasteiger partial charge in [0.1, 0.15) is 18.1 Å². The Morgan fingerprint density at radius 3 is 2.80 bits per heavy atom. The van der Waals surface area contributed by atoms with Gasteiger partial charge >= 0.3 is 12.1 Å². The molecule has 10 nitrogen and oxygen atoms in total. The number of cyclic esters (lactones) is 1. The molecule has 1 aromatic carbocycles. The molecule has 11 heteroatoms. The molecule has 1 atom stereocenters. The molecule has 4 rings (SSSR count). The summed E-state index contributed by atoms with van der Waals surface area (Å²) in [5, 5.41) is 11.7. The van der Waals surface area contributed by atoms with Crippen molar-refractivity contribution >= 4 is 17.7 Å². The van der Waals surface area contributed by atoms with E-state index < -0.39 is 24.0 Å². The maximum absolute atomic E-state index is 14.8. The molecule has 0 bridgehead atoms. The van der Waals surface area contributed by atoms with Crippen LogP contribution < -0.4 is 4.90 Å². The Balaban J connectivity index is 1.51. The van der Waals surface area contributed by atoms with Crippen molar-refractivity contribution in [2.24, 2.45) is 7.05 Å². The Morgan fingerprint density at radius 2 is 2.17 bits per heavy atom. The summed E-state index contributed by atoms with van der Waals surface area (Å²) in [5.74, 6) is -0.610. The molecule has 0 N–H and O–H groups in total. The molecule has 3 aromatic rings. The average Bonchev–Trinajstić information content (AvgIpc) is 3.32. The van der Waals surface area contributed by atoms with Crippen LogP contribution in [0, 0.1) is 5.82 Å². The fraction of sp³-hybridized carbons (Fsp3) is 0.263. The molecule has 0 aliphatic carbocycles. The van der Waals surface area contributed by atoms with E-state index in [-0.39, 0.29) is 13.2 Å². The van der Waals surface area contributed by atoms with E-state index in [1.165, 1.54) is 28.9 Å². The fourth-order valence-electron chi connectivity index (χ4n) is 3.01. The molecule has 3 heterocycles. The van der Waals surface area contributed by atoms with Crippen LogP contribution in [0.4, 0.5) is 14.9 Å². The van der Waals surface area contributed by atoms with Gasteiger partial charge in [-0.1, -0.05) is 6.07 Å². The van der Waals surface area contributed by atoms with E-state index in [0.717, 1.165) is 0 Å². The molecule has 1 unspecified atom stereocenters. The predicted octanol–water partition coefficient (Wildman–Crippen LogP) is 1.97. The van der Waals surface area contributed by atoms with Gasteiger partial charge in [-0.3, -0.25) is 14.7 Å². The van der Waals surface area contributed by atoms with E-state index >= 15 is 0 Å². The van der Waals surface area contributed by atoms with Crippen molar-refractivity contribution < 1.29 is 23.5 Å². The minimum Gasteiger partial charge on any atom is -0.462 e. The Kier molecular flexibility index (Phi) is 5.09. The molecule has 0 saturated carbocycles. The number of ether oxygens (including phenoxy) is 2. The molecule has 1 fully saturated rings. The lowest BCUT2D eigenvalue weighted by Gasteiger charge is -2.14. The van der Waals surface area contributed by atoms with E-state index in [1.54, 1.807) is 31.3 Å². The predicted molar refractivity (Wildman–Crippen MR) is 102 cm³/mol. The number of benzene rings is 1. The van der Waals surface area contributed by atoms with Gasteiger partial charge < -0.3 is 9.47 Å². The van der Waals surface area contributed by atoms with Gasteiger partial charge in [-0.05, 0) is 29.5 Å². The van der Waals surface area contributed by atoms with Gasteiger partial charge in [-0.15, -0.1) is 10.2 Å². The monoisotopic (exact) mass is 412 g/mol. The second kappa shape index (κ2) is 7.85. The van der Waals surface area contributed by atoms with Gasteiger partial charge in [0, 0.05) is 24.2 Å².